The van der Waals surface area contributed by atoms with Gasteiger partial charge in [-0.25, -0.2) is 0 Å². The minimum Gasteiger partial charge on any atom is -0.466 e. The molecule has 0 saturated carbocycles. The highest BCUT2D eigenvalue weighted by Crippen LogP contribution is 2.18. The van der Waals surface area contributed by atoms with Crippen LogP contribution in [0.5, 0.6) is 0 Å². The smallest absolute Gasteiger partial charge is 0.305 e. The van der Waals surface area contributed by atoms with Gasteiger partial charge in [0.1, 0.15) is 0 Å². The average molecular weight is 1140 g/mol. The van der Waals surface area contributed by atoms with Crippen LogP contribution in [0.3, 0.4) is 0 Å². The van der Waals surface area contributed by atoms with Gasteiger partial charge in [-0.1, -0.05) is 345 Å². The second kappa shape index (κ2) is 70.3. The summed E-state index contributed by atoms with van der Waals surface area (Å²) in [5.74, 6) is -0.0584. The summed E-state index contributed by atoms with van der Waals surface area (Å²) in [4.78, 5) is 24.6. The van der Waals surface area contributed by atoms with Crippen LogP contribution in [0.15, 0.2) is 48.6 Å². The first kappa shape index (κ1) is 78.8. The minimum atomic E-state index is -0.843. The number of aliphatic hydroxyl groups excluding tert-OH is 2. The van der Waals surface area contributed by atoms with Crippen molar-refractivity contribution in [3.8, 4) is 0 Å². The molecular formula is C75H141NO5. The average Bonchev–Trinajstić information content (AvgIpc) is 3.47. The van der Waals surface area contributed by atoms with Gasteiger partial charge in [-0.15, -0.1) is 0 Å². The van der Waals surface area contributed by atoms with Gasteiger partial charge < -0.3 is 20.3 Å². The summed E-state index contributed by atoms with van der Waals surface area (Å²) >= 11 is 0. The first-order valence-corrected chi connectivity index (χ1v) is 36.4. The van der Waals surface area contributed by atoms with E-state index in [9.17, 15) is 19.8 Å². The Kier molecular flexibility index (Phi) is 68.4. The molecular weight excluding hydrogens is 995 g/mol. The molecule has 6 nitrogen and oxygen atoms in total. The van der Waals surface area contributed by atoms with Gasteiger partial charge in [-0.05, 0) is 83.5 Å². The summed E-state index contributed by atoms with van der Waals surface area (Å²) in [6, 6.07) is -0.626. The van der Waals surface area contributed by atoms with Gasteiger partial charge in [0.15, 0.2) is 0 Å². The van der Waals surface area contributed by atoms with Crippen LogP contribution in [0.2, 0.25) is 0 Å². The molecule has 0 radical (unpaired) electrons. The predicted octanol–water partition coefficient (Wildman–Crippen LogP) is 23.6. The second-order valence-electron chi connectivity index (χ2n) is 24.9. The van der Waals surface area contributed by atoms with E-state index in [1.807, 2.05) is 6.08 Å². The third-order valence-electron chi connectivity index (χ3n) is 16.8. The maximum absolute atomic E-state index is 12.5. The van der Waals surface area contributed by atoms with Gasteiger partial charge in [-0.3, -0.25) is 9.59 Å². The SMILES string of the molecule is CCCC/C=C\C/C=C\CCCCCCCC(=O)OCCCCCCCCCCCCCC/C=C\CCCCCCCCCCCCCCCCCCCC(=O)NC(CO)C(O)/C=C/CCCCCCCCCCCCCCCCC. The largest absolute Gasteiger partial charge is 0.466 e. The van der Waals surface area contributed by atoms with Gasteiger partial charge in [0.25, 0.3) is 0 Å². The molecule has 0 aliphatic rings. The molecule has 2 atom stereocenters. The molecule has 0 rings (SSSR count). The highest BCUT2D eigenvalue weighted by molar-refractivity contribution is 5.76. The van der Waals surface area contributed by atoms with E-state index < -0.39 is 12.1 Å². The molecule has 0 aromatic carbocycles. The van der Waals surface area contributed by atoms with Crippen LogP contribution in [0.25, 0.3) is 0 Å². The number of aliphatic hydroxyl groups is 2. The number of esters is 1. The topological polar surface area (TPSA) is 95.9 Å². The van der Waals surface area contributed by atoms with E-state index in [-0.39, 0.29) is 18.5 Å². The third-order valence-corrected chi connectivity index (χ3v) is 16.8. The zero-order valence-electron chi connectivity index (χ0n) is 54.5. The normalized spacial score (nSPS) is 12.8. The van der Waals surface area contributed by atoms with E-state index in [2.05, 4.69) is 55.6 Å². The third kappa shape index (κ3) is 66.8. The standard InChI is InChI=1S/C75H141NO5/c1-3-5-7-9-11-13-15-17-19-37-40-43-47-51-55-59-63-67-73(78)72(71-77)76-74(79)68-64-60-56-52-48-44-41-38-35-33-31-29-27-25-23-21-20-22-24-26-28-30-32-34-36-39-42-46-50-54-58-62-66-70-81-75(80)69-65-61-57-53-49-45-18-16-14-12-10-8-6-4-2/h10,12,16,18,24,26,63,67,72-73,77-78H,3-9,11,13-15,17,19-23,25,27-62,64-66,68-71H2,1-2H3,(H,76,79)/b12-10-,18-16-,26-24-,67-63+. The number of hydrogen-bond acceptors (Lipinski definition) is 5. The van der Waals surface area contributed by atoms with Crippen LogP contribution in [0.1, 0.15) is 393 Å². The Morgan fingerprint density at radius 3 is 0.988 bits per heavy atom. The van der Waals surface area contributed by atoms with E-state index in [4.69, 9.17) is 4.74 Å². The number of ether oxygens (including phenoxy) is 1. The molecule has 0 bridgehead atoms. The second-order valence-corrected chi connectivity index (χ2v) is 24.9. The fraction of sp³-hybridized carbons (Fsp3) is 0.867. The molecule has 0 aliphatic carbocycles. The Labute approximate surface area is 506 Å². The van der Waals surface area contributed by atoms with E-state index in [1.165, 1.54) is 315 Å². The maximum atomic E-state index is 12.5. The molecule has 0 aliphatic heterocycles. The number of hydrogen-bond donors (Lipinski definition) is 3. The Morgan fingerprint density at radius 2 is 0.630 bits per heavy atom. The van der Waals surface area contributed by atoms with Crippen molar-refractivity contribution in [2.24, 2.45) is 0 Å². The Bertz CT molecular complexity index is 1360. The van der Waals surface area contributed by atoms with Crippen molar-refractivity contribution < 1.29 is 24.5 Å². The first-order chi connectivity index (χ1) is 40.0. The van der Waals surface area contributed by atoms with Crippen molar-refractivity contribution in [1.82, 2.24) is 5.32 Å². The molecule has 1 amide bonds. The van der Waals surface area contributed by atoms with Crippen LogP contribution in [0.4, 0.5) is 0 Å². The Hall–Kier alpha value is -2.18. The predicted molar refractivity (Wildman–Crippen MR) is 356 cm³/mol. The Morgan fingerprint density at radius 1 is 0.346 bits per heavy atom. The summed E-state index contributed by atoms with van der Waals surface area (Å²) in [6.07, 6.45) is 92.0. The molecule has 2 unspecified atom stereocenters. The van der Waals surface area contributed by atoms with Gasteiger partial charge in [0.2, 0.25) is 5.91 Å². The van der Waals surface area contributed by atoms with Crippen molar-refractivity contribution in [2.75, 3.05) is 13.2 Å². The zero-order valence-corrected chi connectivity index (χ0v) is 54.5. The monoisotopic (exact) mass is 1140 g/mol. The van der Waals surface area contributed by atoms with Crippen molar-refractivity contribution in [3.63, 3.8) is 0 Å². The van der Waals surface area contributed by atoms with E-state index >= 15 is 0 Å². The summed E-state index contributed by atoms with van der Waals surface area (Å²) in [7, 11) is 0. The zero-order chi connectivity index (χ0) is 58.5. The fourth-order valence-corrected chi connectivity index (χ4v) is 11.2. The van der Waals surface area contributed by atoms with Crippen molar-refractivity contribution in [1.29, 1.82) is 0 Å². The summed E-state index contributed by atoms with van der Waals surface area (Å²) in [5.41, 5.74) is 0. The van der Waals surface area contributed by atoms with Gasteiger partial charge in [0.05, 0.1) is 25.4 Å². The molecule has 0 spiro atoms. The fourth-order valence-electron chi connectivity index (χ4n) is 11.2. The van der Waals surface area contributed by atoms with Crippen LogP contribution in [-0.4, -0.2) is 47.4 Å². The minimum absolute atomic E-state index is 0.00385. The number of amides is 1. The molecule has 0 saturated heterocycles. The molecule has 6 heteroatoms. The summed E-state index contributed by atoms with van der Waals surface area (Å²) in [6.45, 7) is 4.89. The lowest BCUT2D eigenvalue weighted by molar-refractivity contribution is -0.143. The lowest BCUT2D eigenvalue weighted by atomic mass is 10.0. The number of carbonyl (C=O) groups excluding carboxylic acids is 2. The van der Waals surface area contributed by atoms with E-state index in [0.29, 0.717) is 19.4 Å². The molecule has 476 valence electrons. The molecule has 3 N–H and O–H groups in total. The number of rotatable bonds is 68. The molecule has 0 aromatic heterocycles. The lowest BCUT2D eigenvalue weighted by Crippen LogP contribution is -2.45. The molecule has 81 heavy (non-hydrogen) atoms. The Balaban J connectivity index is 3.37. The molecule has 0 heterocycles. The summed E-state index contributed by atoms with van der Waals surface area (Å²) < 4.78 is 5.48. The highest BCUT2D eigenvalue weighted by Gasteiger charge is 2.18. The first-order valence-electron chi connectivity index (χ1n) is 36.4. The van der Waals surface area contributed by atoms with Crippen LogP contribution in [-0.2, 0) is 14.3 Å². The molecule has 0 aromatic rings. The van der Waals surface area contributed by atoms with Crippen molar-refractivity contribution >= 4 is 11.9 Å². The van der Waals surface area contributed by atoms with Crippen molar-refractivity contribution in [2.45, 2.75) is 405 Å². The number of carbonyl (C=O) groups is 2. The van der Waals surface area contributed by atoms with Crippen LogP contribution >= 0.6 is 0 Å². The maximum Gasteiger partial charge on any atom is 0.305 e. The summed E-state index contributed by atoms with van der Waals surface area (Å²) in [5, 5.41) is 23.2. The number of allylic oxidation sites excluding steroid dienone is 7. The van der Waals surface area contributed by atoms with Crippen LogP contribution in [0, 0.1) is 0 Å². The lowest BCUT2D eigenvalue weighted by Gasteiger charge is -2.20. The van der Waals surface area contributed by atoms with Gasteiger partial charge in [-0.2, -0.15) is 0 Å². The van der Waals surface area contributed by atoms with Crippen molar-refractivity contribution in [3.05, 3.63) is 48.6 Å². The number of unbranched alkanes of at least 4 members (excludes halogenated alkanes) is 51. The molecule has 0 fully saturated rings. The number of nitrogens with one attached hydrogen (secondary N) is 1. The van der Waals surface area contributed by atoms with E-state index in [0.717, 1.165) is 51.4 Å². The quantitative estimate of drug-likeness (QED) is 0.0320. The van der Waals surface area contributed by atoms with Gasteiger partial charge in [0, 0.05) is 12.8 Å². The van der Waals surface area contributed by atoms with Gasteiger partial charge >= 0.3 is 5.97 Å². The van der Waals surface area contributed by atoms with E-state index in [1.54, 1.807) is 6.08 Å². The van der Waals surface area contributed by atoms with Crippen LogP contribution < -0.4 is 5.32 Å². The highest BCUT2D eigenvalue weighted by atomic mass is 16.5.